The lowest BCUT2D eigenvalue weighted by Crippen LogP contribution is -2.49. The maximum absolute atomic E-state index is 11.9. The van der Waals surface area contributed by atoms with Crippen molar-refractivity contribution < 1.29 is 9.21 Å². The Balaban J connectivity index is 1.74. The van der Waals surface area contributed by atoms with Crippen LogP contribution in [0.5, 0.6) is 0 Å². The molecule has 0 radical (unpaired) electrons. The summed E-state index contributed by atoms with van der Waals surface area (Å²) >= 11 is 0. The Bertz CT molecular complexity index is 633. The summed E-state index contributed by atoms with van der Waals surface area (Å²) < 4.78 is 5.74. The average molecular weight is 329 g/mol. The van der Waals surface area contributed by atoms with Crippen LogP contribution in [-0.2, 0) is 11.2 Å². The number of hydrogen-bond acceptors (Lipinski definition) is 4. The molecule has 0 fully saturated rings. The first-order valence-electron chi connectivity index (χ1n) is 8.62. The summed E-state index contributed by atoms with van der Waals surface area (Å²) in [4.78, 5) is 16.2. The lowest BCUT2D eigenvalue weighted by Gasteiger charge is -2.26. The van der Waals surface area contributed by atoms with Crippen LogP contribution in [-0.4, -0.2) is 23.0 Å². The van der Waals surface area contributed by atoms with Crippen LogP contribution in [0.1, 0.15) is 45.4 Å². The number of hydrogen-bond donors (Lipinski definition) is 2. The Labute approximate surface area is 143 Å². The molecule has 1 heterocycles. The van der Waals surface area contributed by atoms with Crippen LogP contribution >= 0.6 is 0 Å². The summed E-state index contributed by atoms with van der Waals surface area (Å²) in [6.07, 6.45) is 5.24. The van der Waals surface area contributed by atoms with Crippen LogP contribution in [0.15, 0.2) is 40.9 Å². The van der Waals surface area contributed by atoms with Gasteiger partial charge in [-0.2, -0.15) is 0 Å². The van der Waals surface area contributed by atoms with Gasteiger partial charge in [-0.25, -0.2) is 4.98 Å². The lowest BCUT2D eigenvalue weighted by atomic mass is 9.94. The van der Waals surface area contributed by atoms with E-state index in [0.29, 0.717) is 31.7 Å². The number of nitrogens with two attached hydrogens (primary N) is 1. The number of benzene rings is 1. The molecule has 0 atom stereocenters. The molecule has 0 unspecified atom stereocenters. The summed E-state index contributed by atoms with van der Waals surface area (Å²) in [5, 5.41) is 2.93. The van der Waals surface area contributed by atoms with Gasteiger partial charge in [-0.05, 0) is 19.3 Å². The number of nitrogens with zero attached hydrogens (tertiary/aromatic N) is 1. The van der Waals surface area contributed by atoms with Gasteiger partial charge in [0.15, 0.2) is 11.7 Å². The van der Waals surface area contributed by atoms with Gasteiger partial charge in [0.1, 0.15) is 0 Å². The van der Waals surface area contributed by atoms with E-state index in [2.05, 4.69) is 10.3 Å². The number of nitrogens with one attached hydrogen (secondary N) is 1. The van der Waals surface area contributed by atoms with Crippen LogP contribution < -0.4 is 11.1 Å². The second-order valence-electron chi connectivity index (χ2n) is 6.18. The molecule has 1 amide bonds. The molecule has 1 aromatic carbocycles. The number of aryl methyl sites for hydroxylation is 1. The zero-order valence-corrected chi connectivity index (χ0v) is 14.5. The smallest absolute Gasteiger partial charge is 0.220 e. The number of carbonyl (C=O) groups excluding carboxylic acids is 1. The number of carbonyl (C=O) groups is 1. The van der Waals surface area contributed by atoms with Crippen molar-refractivity contribution in [2.75, 3.05) is 6.54 Å². The molecule has 0 aliphatic carbocycles. The van der Waals surface area contributed by atoms with Crippen molar-refractivity contribution in [1.29, 1.82) is 0 Å². The van der Waals surface area contributed by atoms with Crippen molar-refractivity contribution in [1.82, 2.24) is 10.3 Å². The van der Waals surface area contributed by atoms with E-state index < -0.39 is 0 Å². The fourth-order valence-corrected chi connectivity index (χ4v) is 2.42. The first kappa shape index (κ1) is 18.2. The quantitative estimate of drug-likeness (QED) is 0.739. The minimum absolute atomic E-state index is 0.0292. The minimum atomic E-state index is -0.303. The molecular formula is C19H27N3O2. The zero-order valence-electron chi connectivity index (χ0n) is 14.5. The topological polar surface area (TPSA) is 81.1 Å². The maximum Gasteiger partial charge on any atom is 0.220 e. The molecule has 5 heteroatoms. The molecule has 0 saturated carbocycles. The van der Waals surface area contributed by atoms with Crippen LogP contribution in [0.25, 0.3) is 11.3 Å². The standard InChI is InChI=1S/C19H27N3O2/c1-3-19(20,4-2)14-22-17(23)11-8-12-18-21-13-16(24-18)15-9-6-5-7-10-15/h5-7,9-10,13H,3-4,8,11-12,14,20H2,1-2H3,(H,22,23). The van der Waals surface area contributed by atoms with E-state index in [4.69, 9.17) is 10.2 Å². The third kappa shape index (κ3) is 5.20. The molecule has 0 saturated heterocycles. The van der Waals surface area contributed by atoms with Gasteiger partial charge < -0.3 is 15.5 Å². The molecule has 0 bridgehead atoms. The van der Waals surface area contributed by atoms with Crippen LogP contribution in [0.3, 0.4) is 0 Å². The summed E-state index contributed by atoms with van der Waals surface area (Å²) in [6, 6.07) is 9.86. The fourth-order valence-electron chi connectivity index (χ4n) is 2.42. The van der Waals surface area contributed by atoms with Gasteiger partial charge in [0.25, 0.3) is 0 Å². The first-order chi connectivity index (χ1) is 11.6. The van der Waals surface area contributed by atoms with Crippen LogP contribution in [0.2, 0.25) is 0 Å². The van der Waals surface area contributed by atoms with Crippen molar-refractivity contribution in [3.63, 3.8) is 0 Å². The molecule has 0 spiro atoms. The third-order valence-corrected chi connectivity index (χ3v) is 4.45. The molecule has 0 aliphatic rings. The predicted octanol–water partition coefficient (Wildman–Crippen LogP) is 3.30. The highest BCUT2D eigenvalue weighted by Crippen LogP contribution is 2.20. The molecule has 2 rings (SSSR count). The van der Waals surface area contributed by atoms with Gasteiger partial charge in [-0.3, -0.25) is 4.79 Å². The molecule has 130 valence electrons. The molecule has 0 aliphatic heterocycles. The molecular weight excluding hydrogens is 302 g/mol. The van der Waals surface area contributed by atoms with E-state index in [1.807, 2.05) is 44.2 Å². The number of rotatable bonds is 9. The van der Waals surface area contributed by atoms with Crippen molar-refractivity contribution in [3.8, 4) is 11.3 Å². The van der Waals surface area contributed by atoms with Gasteiger partial charge in [-0.1, -0.05) is 44.2 Å². The SMILES string of the molecule is CCC(N)(CC)CNC(=O)CCCc1ncc(-c2ccccc2)o1. The van der Waals surface area contributed by atoms with Gasteiger partial charge >= 0.3 is 0 Å². The van der Waals surface area contributed by atoms with Gasteiger partial charge in [0.2, 0.25) is 5.91 Å². The Morgan fingerprint density at radius 3 is 2.62 bits per heavy atom. The Hall–Kier alpha value is -2.14. The van der Waals surface area contributed by atoms with Crippen LogP contribution in [0.4, 0.5) is 0 Å². The maximum atomic E-state index is 11.9. The van der Waals surface area contributed by atoms with Gasteiger partial charge in [0.05, 0.1) is 6.20 Å². The second kappa shape index (κ2) is 8.64. The predicted molar refractivity (Wildman–Crippen MR) is 95.4 cm³/mol. The lowest BCUT2D eigenvalue weighted by molar-refractivity contribution is -0.121. The molecule has 1 aromatic heterocycles. The normalized spacial score (nSPS) is 11.5. The van der Waals surface area contributed by atoms with E-state index in [-0.39, 0.29) is 11.4 Å². The molecule has 3 N–H and O–H groups in total. The first-order valence-corrected chi connectivity index (χ1v) is 8.62. The third-order valence-electron chi connectivity index (χ3n) is 4.45. The highest BCUT2D eigenvalue weighted by atomic mass is 16.4. The van der Waals surface area contributed by atoms with Crippen LogP contribution in [0, 0.1) is 0 Å². The molecule has 24 heavy (non-hydrogen) atoms. The van der Waals surface area contributed by atoms with Crippen molar-refractivity contribution in [3.05, 3.63) is 42.4 Å². The summed E-state index contributed by atoms with van der Waals surface area (Å²) in [7, 11) is 0. The second-order valence-corrected chi connectivity index (χ2v) is 6.18. The monoisotopic (exact) mass is 329 g/mol. The van der Waals surface area contributed by atoms with E-state index in [1.54, 1.807) is 6.20 Å². The Kier molecular flexibility index (Phi) is 6.55. The molecule has 5 nitrogen and oxygen atoms in total. The van der Waals surface area contributed by atoms with Crippen molar-refractivity contribution >= 4 is 5.91 Å². The van der Waals surface area contributed by atoms with Gasteiger partial charge in [0, 0.05) is 30.5 Å². The highest BCUT2D eigenvalue weighted by Gasteiger charge is 2.20. The number of amides is 1. The van der Waals surface area contributed by atoms with Crippen molar-refractivity contribution in [2.45, 2.75) is 51.5 Å². The van der Waals surface area contributed by atoms with E-state index in [0.717, 1.165) is 24.2 Å². The number of oxazole rings is 1. The average Bonchev–Trinajstić information content (AvgIpc) is 3.09. The Morgan fingerprint density at radius 2 is 1.96 bits per heavy atom. The zero-order chi connectivity index (χ0) is 17.4. The van der Waals surface area contributed by atoms with E-state index in [9.17, 15) is 4.79 Å². The minimum Gasteiger partial charge on any atom is -0.441 e. The van der Waals surface area contributed by atoms with Gasteiger partial charge in [-0.15, -0.1) is 0 Å². The summed E-state index contributed by atoms with van der Waals surface area (Å²) in [6.45, 7) is 4.61. The summed E-state index contributed by atoms with van der Waals surface area (Å²) in [5.41, 5.74) is 6.89. The summed E-state index contributed by atoms with van der Waals surface area (Å²) in [5.74, 6) is 1.45. The number of aromatic nitrogens is 1. The van der Waals surface area contributed by atoms with Crippen molar-refractivity contribution in [2.24, 2.45) is 5.73 Å². The Morgan fingerprint density at radius 1 is 1.25 bits per heavy atom. The van der Waals surface area contributed by atoms with E-state index >= 15 is 0 Å². The molecule has 2 aromatic rings. The fraction of sp³-hybridized carbons (Fsp3) is 0.474. The highest BCUT2D eigenvalue weighted by molar-refractivity contribution is 5.75. The largest absolute Gasteiger partial charge is 0.441 e. The van der Waals surface area contributed by atoms with E-state index in [1.165, 1.54) is 0 Å².